The first-order valence-electron chi connectivity index (χ1n) is 13.2. The van der Waals surface area contributed by atoms with Gasteiger partial charge in [-0.1, -0.05) is 36.4 Å². The van der Waals surface area contributed by atoms with Crippen LogP contribution in [-0.2, 0) is 42.1 Å². The summed E-state index contributed by atoms with van der Waals surface area (Å²) < 4.78 is 5.23. The molecule has 2 aliphatic rings. The Morgan fingerprint density at radius 2 is 1.50 bits per heavy atom. The maximum atomic E-state index is 12.2. The maximum Gasteiger partial charge on any atom is 0.230 e. The van der Waals surface area contributed by atoms with Crippen LogP contribution in [0.1, 0.15) is 47.6 Å². The molecule has 1 N–H and O–H groups in total. The summed E-state index contributed by atoms with van der Waals surface area (Å²) in [5, 5.41) is 3.29. The number of ketones is 1. The molecule has 0 bridgehead atoms. The number of nitrogens with zero attached hydrogens (tertiary/aromatic N) is 5. The van der Waals surface area contributed by atoms with Gasteiger partial charge in [0.25, 0.3) is 0 Å². The van der Waals surface area contributed by atoms with E-state index in [9.17, 15) is 9.59 Å². The van der Waals surface area contributed by atoms with Crippen LogP contribution < -0.4 is 10.1 Å². The quantitative estimate of drug-likeness (QED) is 0.390. The van der Waals surface area contributed by atoms with E-state index in [1.807, 2.05) is 24.3 Å². The number of benzene rings is 2. The molecule has 9 heteroatoms. The minimum atomic E-state index is -0.182. The number of anilines is 1. The maximum absolute atomic E-state index is 12.2. The van der Waals surface area contributed by atoms with E-state index in [1.165, 1.54) is 42.0 Å². The standard InChI is InChI=1S/C29H34N6O3/c1-38-25-11-8-22(9-12-25)17-30-29-32-26(31-27(33-29)20-35-19-24(36)16-28(35)37)13-10-21-4-6-23(7-5-21)18-34-14-2-3-15-34/h4-9,11-12H,2-3,10,13-20H2,1H3,(H,30,31,32,33). The first kappa shape index (κ1) is 25.8. The van der Waals surface area contributed by atoms with Gasteiger partial charge >= 0.3 is 0 Å². The van der Waals surface area contributed by atoms with Gasteiger partial charge in [-0.3, -0.25) is 14.5 Å². The molecule has 0 saturated carbocycles. The Balaban J connectivity index is 1.26. The Labute approximate surface area is 223 Å². The van der Waals surface area contributed by atoms with Crippen LogP contribution in [0.2, 0.25) is 0 Å². The molecule has 5 rings (SSSR count). The highest BCUT2D eigenvalue weighted by atomic mass is 16.5. The van der Waals surface area contributed by atoms with Crippen molar-refractivity contribution in [1.29, 1.82) is 0 Å². The van der Waals surface area contributed by atoms with E-state index in [-0.39, 0.29) is 31.2 Å². The van der Waals surface area contributed by atoms with E-state index in [4.69, 9.17) is 4.74 Å². The van der Waals surface area contributed by atoms with Gasteiger partial charge in [-0.2, -0.15) is 9.97 Å². The average molecular weight is 515 g/mol. The molecule has 3 heterocycles. The number of likely N-dealkylation sites (tertiary alicyclic amines) is 2. The molecule has 1 amide bonds. The molecule has 1 aromatic heterocycles. The Kier molecular flexibility index (Phi) is 8.23. The number of rotatable bonds is 11. The molecular weight excluding hydrogens is 480 g/mol. The number of aromatic nitrogens is 3. The van der Waals surface area contributed by atoms with Crippen molar-refractivity contribution in [2.24, 2.45) is 0 Å². The Morgan fingerprint density at radius 3 is 2.18 bits per heavy atom. The molecule has 2 aliphatic heterocycles. The van der Waals surface area contributed by atoms with Gasteiger partial charge in [0.05, 0.1) is 26.6 Å². The molecule has 0 atom stereocenters. The second kappa shape index (κ2) is 12.1. The molecule has 0 unspecified atom stereocenters. The normalized spacial score (nSPS) is 15.9. The van der Waals surface area contributed by atoms with Crippen molar-refractivity contribution in [3.05, 3.63) is 76.9 Å². The lowest BCUT2D eigenvalue weighted by atomic mass is 10.1. The highest BCUT2D eigenvalue weighted by Gasteiger charge is 2.28. The van der Waals surface area contributed by atoms with Gasteiger partial charge in [0.2, 0.25) is 11.9 Å². The molecule has 2 aromatic carbocycles. The second-order valence-electron chi connectivity index (χ2n) is 9.96. The molecule has 0 radical (unpaired) electrons. The molecule has 0 aliphatic carbocycles. The number of Topliss-reactive ketones (excluding diaryl/α,β-unsaturated/α-hetero) is 1. The Hall–Kier alpha value is -3.85. The fourth-order valence-electron chi connectivity index (χ4n) is 4.87. The lowest BCUT2D eigenvalue weighted by Crippen LogP contribution is -2.26. The van der Waals surface area contributed by atoms with E-state index in [0.29, 0.717) is 30.6 Å². The summed E-state index contributed by atoms with van der Waals surface area (Å²) in [5.41, 5.74) is 3.63. The fraction of sp³-hybridized carbons (Fsp3) is 0.414. The van der Waals surface area contributed by atoms with E-state index in [1.54, 1.807) is 7.11 Å². The van der Waals surface area contributed by atoms with Crippen molar-refractivity contribution in [2.45, 2.75) is 51.7 Å². The third-order valence-corrected chi connectivity index (χ3v) is 7.00. The van der Waals surface area contributed by atoms with E-state index < -0.39 is 0 Å². The summed E-state index contributed by atoms with van der Waals surface area (Å²) in [4.78, 5) is 41.8. The van der Waals surface area contributed by atoms with E-state index in [2.05, 4.69) is 49.4 Å². The number of carbonyl (C=O) groups is 2. The van der Waals surface area contributed by atoms with Gasteiger partial charge in [-0.15, -0.1) is 0 Å². The number of amides is 1. The van der Waals surface area contributed by atoms with Crippen LogP contribution in [0.3, 0.4) is 0 Å². The highest BCUT2D eigenvalue weighted by Crippen LogP contribution is 2.16. The van der Waals surface area contributed by atoms with Gasteiger partial charge in [0.1, 0.15) is 11.6 Å². The summed E-state index contributed by atoms with van der Waals surface area (Å²) in [5.74, 6) is 2.14. The molecule has 2 fully saturated rings. The molecule has 38 heavy (non-hydrogen) atoms. The number of methoxy groups -OCH3 is 1. The molecular formula is C29H34N6O3. The lowest BCUT2D eigenvalue weighted by Gasteiger charge is -2.15. The molecule has 0 spiro atoms. The molecule has 198 valence electrons. The van der Waals surface area contributed by atoms with Crippen molar-refractivity contribution in [3.8, 4) is 5.75 Å². The number of aryl methyl sites for hydroxylation is 2. The summed E-state index contributed by atoms with van der Waals surface area (Å²) in [6, 6.07) is 16.6. The second-order valence-corrected chi connectivity index (χ2v) is 9.96. The summed E-state index contributed by atoms with van der Waals surface area (Å²) in [6.45, 7) is 4.23. The SMILES string of the molecule is COc1ccc(CNc2nc(CCc3ccc(CN4CCCC4)cc3)nc(CN3CC(=O)CC3=O)n2)cc1. The van der Waals surface area contributed by atoms with Crippen molar-refractivity contribution in [2.75, 3.05) is 32.1 Å². The minimum absolute atomic E-state index is 0.0473. The smallest absolute Gasteiger partial charge is 0.230 e. The van der Waals surface area contributed by atoms with Crippen molar-refractivity contribution < 1.29 is 14.3 Å². The molecule has 9 nitrogen and oxygen atoms in total. The van der Waals surface area contributed by atoms with Crippen LogP contribution >= 0.6 is 0 Å². The fourth-order valence-corrected chi connectivity index (χ4v) is 4.87. The van der Waals surface area contributed by atoms with Gasteiger partial charge in [0.15, 0.2) is 11.6 Å². The van der Waals surface area contributed by atoms with Crippen LogP contribution in [0.25, 0.3) is 0 Å². The van der Waals surface area contributed by atoms with Gasteiger partial charge in [-0.25, -0.2) is 4.98 Å². The van der Waals surface area contributed by atoms with Gasteiger partial charge < -0.3 is 15.0 Å². The van der Waals surface area contributed by atoms with Crippen molar-refractivity contribution >= 4 is 17.6 Å². The Morgan fingerprint density at radius 1 is 0.816 bits per heavy atom. The average Bonchev–Trinajstić information content (AvgIpc) is 3.55. The van der Waals surface area contributed by atoms with Crippen molar-refractivity contribution in [1.82, 2.24) is 24.8 Å². The number of carbonyl (C=O) groups excluding carboxylic acids is 2. The number of hydrogen-bond acceptors (Lipinski definition) is 8. The zero-order valence-electron chi connectivity index (χ0n) is 21.9. The largest absolute Gasteiger partial charge is 0.497 e. The van der Waals surface area contributed by atoms with Crippen LogP contribution in [0.15, 0.2) is 48.5 Å². The molecule has 2 saturated heterocycles. The lowest BCUT2D eigenvalue weighted by molar-refractivity contribution is -0.128. The molecule has 3 aromatic rings. The van der Waals surface area contributed by atoms with Gasteiger partial charge in [0, 0.05) is 19.5 Å². The zero-order valence-corrected chi connectivity index (χ0v) is 21.9. The van der Waals surface area contributed by atoms with Crippen molar-refractivity contribution in [3.63, 3.8) is 0 Å². The summed E-state index contributed by atoms with van der Waals surface area (Å²) in [6.07, 6.45) is 3.99. The predicted molar refractivity (Wildman–Crippen MR) is 144 cm³/mol. The van der Waals surface area contributed by atoms with Crippen LogP contribution in [0.4, 0.5) is 5.95 Å². The number of ether oxygens (including phenoxy) is 1. The zero-order chi connectivity index (χ0) is 26.3. The Bertz CT molecular complexity index is 1260. The van der Waals surface area contributed by atoms with Crippen LogP contribution in [-0.4, -0.2) is 63.2 Å². The summed E-state index contributed by atoms with van der Waals surface area (Å²) >= 11 is 0. The van der Waals surface area contributed by atoms with Gasteiger partial charge in [-0.05, 0) is 61.2 Å². The number of hydrogen-bond donors (Lipinski definition) is 1. The third-order valence-electron chi connectivity index (χ3n) is 7.00. The first-order chi connectivity index (χ1) is 18.5. The monoisotopic (exact) mass is 514 g/mol. The van der Waals surface area contributed by atoms with Crippen LogP contribution in [0, 0.1) is 0 Å². The highest BCUT2D eigenvalue weighted by molar-refractivity contribution is 6.05. The topological polar surface area (TPSA) is 101 Å². The number of nitrogens with one attached hydrogen (secondary N) is 1. The summed E-state index contributed by atoms with van der Waals surface area (Å²) in [7, 11) is 1.64. The van der Waals surface area contributed by atoms with Crippen LogP contribution in [0.5, 0.6) is 5.75 Å². The third kappa shape index (κ3) is 6.92. The first-order valence-corrected chi connectivity index (χ1v) is 13.2. The van der Waals surface area contributed by atoms with E-state index in [0.717, 1.165) is 24.3 Å². The predicted octanol–water partition coefficient (Wildman–Crippen LogP) is 3.17. The minimum Gasteiger partial charge on any atom is -0.497 e. The van der Waals surface area contributed by atoms with E-state index >= 15 is 0 Å².